The summed E-state index contributed by atoms with van der Waals surface area (Å²) in [4.78, 5) is 9.49. The van der Waals surface area contributed by atoms with Gasteiger partial charge in [0.2, 0.25) is 0 Å². The molecule has 3 nitrogen and oxygen atoms in total. The Morgan fingerprint density at radius 1 is 0.909 bits per heavy atom. The topological polar surface area (TPSA) is 40.1 Å². The number of quaternary nitrogens is 1. The van der Waals surface area contributed by atoms with E-state index < -0.39 is 5.97 Å². The van der Waals surface area contributed by atoms with Gasteiger partial charge in [-0.25, -0.2) is 0 Å². The first-order valence-corrected chi connectivity index (χ1v) is 8.38. The van der Waals surface area contributed by atoms with Crippen LogP contribution in [0.15, 0.2) is 12.2 Å². The Morgan fingerprint density at radius 3 is 1.50 bits per heavy atom. The van der Waals surface area contributed by atoms with Gasteiger partial charge in [-0.2, -0.15) is 0 Å². The molecule has 0 saturated heterocycles. The number of carboxylic acid groups (broad SMARTS) is 1. The van der Waals surface area contributed by atoms with Crippen LogP contribution in [0.2, 0.25) is 0 Å². The number of hydrogen-bond donors (Lipinski definition) is 0. The van der Waals surface area contributed by atoms with Crippen molar-refractivity contribution in [2.24, 2.45) is 0 Å². The second-order valence-corrected chi connectivity index (χ2v) is 6.91. The molecule has 0 bridgehead atoms. The zero-order valence-corrected chi connectivity index (χ0v) is 16.2. The van der Waals surface area contributed by atoms with Crippen LogP contribution in [-0.2, 0) is 4.79 Å². The number of hydrogen-bond acceptors (Lipinski definition) is 2. The summed E-state index contributed by atoms with van der Waals surface area (Å²) in [5, 5.41) is 9.49. The summed E-state index contributed by atoms with van der Waals surface area (Å²) in [6.45, 7) is 8.09. The third-order valence-corrected chi connectivity index (χ3v) is 3.28. The largest absolute Gasteiger partial charge is 1.00 e. The van der Waals surface area contributed by atoms with Crippen molar-refractivity contribution in [2.45, 2.75) is 71.6 Å². The monoisotopic (exact) mass is 334 g/mol. The molecule has 0 aliphatic rings. The van der Waals surface area contributed by atoms with E-state index >= 15 is 0 Å². The van der Waals surface area contributed by atoms with E-state index in [4.69, 9.17) is 0 Å². The molecule has 0 unspecified atom stereocenters. The summed E-state index contributed by atoms with van der Waals surface area (Å²) in [5.41, 5.74) is 0.0648. The Bertz CT molecular complexity index is 261. The highest BCUT2D eigenvalue weighted by atomic mass is 35.5. The van der Waals surface area contributed by atoms with Gasteiger partial charge in [-0.1, -0.05) is 58.4 Å². The van der Waals surface area contributed by atoms with E-state index in [2.05, 4.69) is 34.6 Å². The Labute approximate surface area is 144 Å². The van der Waals surface area contributed by atoms with Gasteiger partial charge in [0.15, 0.2) is 0 Å². The molecule has 0 rings (SSSR count). The third kappa shape index (κ3) is 27.7. The predicted molar refractivity (Wildman–Crippen MR) is 89.9 cm³/mol. The maximum absolute atomic E-state index is 9.49. The van der Waals surface area contributed by atoms with Gasteiger partial charge in [0, 0.05) is 0 Å². The average Bonchev–Trinajstić information content (AvgIpc) is 2.36. The van der Waals surface area contributed by atoms with Crippen LogP contribution >= 0.6 is 0 Å². The van der Waals surface area contributed by atoms with Gasteiger partial charge in [0.25, 0.3) is 0 Å². The molecule has 0 fully saturated rings. The lowest BCUT2D eigenvalue weighted by molar-refractivity contribution is -0.870. The number of unbranched alkanes of at least 4 members (excludes halogenated alkanes) is 8. The molecule has 0 heterocycles. The van der Waals surface area contributed by atoms with Crippen molar-refractivity contribution in [3.8, 4) is 0 Å². The standard InChI is InChI=1S/C14H32N.C4H6O2.ClH/c1-5-6-7-8-9-10-11-12-13-14-15(2,3)4;1-3(2)4(5)6;/h5-14H2,1-4H3;1H2,2H3,(H,5,6);1H/q+1;;/p-2. The number of nitrogens with zero attached hydrogens (tertiary/aromatic N) is 1. The molecule has 4 heteroatoms. The second-order valence-electron chi connectivity index (χ2n) is 6.91. The fourth-order valence-electron chi connectivity index (χ4n) is 1.90. The van der Waals surface area contributed by atoms with Crippen LogP contribution in [0.4, 0.5) is 0 Å². The maximum Gasteiger partial charge on any atom is 0.0780 e. The van der Waals surface area contributed by atoms with E-state index in [9.17, 15) is 9.90 Å². The molecule has 0 spiro atoms. The van der Waals surface area contributed by atoms with Gasteiger partial charge in [-0.3, -0.25) is 0 Å². The lowest BCUT2D eigenvalue weighted by Gasteiger charge is -2.23. The van der Waals surface area contributed by atoms with Crippen LogP contribution in [0, 0.1) is 0 Å². The summed E-state index contributed by atoms with van der Waals surface area (Å²) < 4.78 is 1.12. The van der Waals surface area contributed by atoms with Crippen molar-refractivity contribution in [1.29, 1.82) is 0 Å². The van der Waals surface area contributed by atoms with E-state index in [1.807, 2.05) is 0 Å². The van der Waals surface area contributed by atoms with Crippen LogP contribution in [0.1, 0.15) is 71.6 Å². The highest BCUT2D eigenvalue weighted by molar-refractivity contribution is 5.82. The van der Waals surface area contributed by atoms with Crippen LogP contribution in [-0.4, -0.2) is 38.1 Å². The summed E-state index contributed by atoms with van der Waals surface area (Å²) in [6.07, 6.45) is 12.9. The molecule has 0 N–H and O–H groups in total. The third-order valence-electron chi connectivity index (χ3n) is 3.28. The number of carboxylic acids is 1. The number of rotatable bonds is 11. The number of carbonyl (C=O) groups is 1. The summed E-state index contributed by atoms with van der Waals surface area (Å²) in [6, 6.07) is 0. The zero-order chi connectivity index (χ0) is 16.7. The lowest BCUT2D eigenvalue weighted by Crippen LogP contribution is -3.00. The fraction of sp³-hybridized carbons (Fsp3) is 0.833. The van der Waals surface area contributed by atoms with Crippen molar-refractivity contribution >= 4 is 5.97 Å². The minimum Gasteiger partial charge on any atom is -1.00 e. The first-order chi connectivity index (χ1) is 9.70. The molecule has 0 atom stereocenters. The summed E-state index contributed by atoms with van der Waals surface area (Å²) in [5.74, 6) is -1.19. The first kappa shape index (κ1) is 26.4. The molecule has 0 saturated carbocycles. The Hall–Kier alpha value is -0.540. The van der Waals surface area contributed by atoms with Gasteiger partial charge in [-0.15, -0.1) is 0 Å². The smallest absolute Gasteiger partial charge is 0.0780 e. The number of aliphatic carboxylic acids is 1. The van der Waals surface area contributed by atoms with Gasteiger partial charge < -0.3 is 26.8 Å². The van der Waals surface area contributed by atoms with Crippen LogP contribution in [0.3, 0.4) is 0 Å². The van der Waals surface area contributed by atoms with Gasteiger partial charge in [0.05, 0.1) is 33.7 Å². The quantitative estimate of drug-likeness (QED) is 0.314. The van der Waals surface area contributed by atoms with E-state index in [1.165, 1.54) is 71.3 Å². The summed E-state index contributed by atoms with van der Waals surface area (Å²) >= 11 is 0. The molecular formula is C18H37ClNO2-. The van der Waals surface area contributed by atoms with Crippen molar-refractivity contribution in [2.75, 3.05) is 27.7 Å². The Balaban J connectivity index is -0.000000439. The van der Waals surface area contributed by atoms with Crippen molar-refractivity contribution in [3.05, 3.63) is 12.2 Å². The highest BCUT2D eigenvalue weighted by Gasteiger charge is 2.04. The Morgan fingerprint density at radius 2 is 1.23 bits per heavy atom. The normalized spacial score (nSPS) is 10.2. The van der Waals surface area contributed by atoms with Crippen LogP contribution in [0.25, 0.3) is 0 Å². The van der Waals surface area contributed by atoms with Crippen molar-refractivity contribution in [1.82, 2.24) is 0 Å². The Kier molecular flexibility index (Phi) is 20.2. The molecule has 0 radical (unpaired) electrons. The van der Waals surface area contributed by atoms with E-state index in [0.29, 0.717) is 0 Å². The lowest BCUT2D eigenvalue weighted by atomic mass is 10.1. The molecule has 0 amide bonds. The minimum atomic E-state index is -1.19. The van der Waals surface area contributed by atoms with Crippen molar-refractivity contribution < 1.29 is 26.8 Å². The predicted octanol–water partition coefficient (Wildman–Crippen LogP) is 0.540. The highest BCUT2D eigenvalue weighted by Crippen LogP contribution is 2.10. The summed E-state index contributed by atoms with van der Waals surface area (Å²) in [7, 11) is 6.85. The molecule has 0 aromatic heterocycles. The fourth-order valence-corrected chi connectivity index (χ4v) is 1.90. The van der Waals surface area contributed by atoms with E-state index in [0.717, 1.165) is 4.48 Å². The maximum atomic E-state index is 9.49. The molecule has 0 aliphatic heterocycles. The van der Waals surface area contributed by atoms with Crippen LogP contribution < -0.4 is 17.5 Å². The van der Waals surface area contributed by atoms with Gasteiger partial charge in [-0.05, 0) is 25.3 Å². The second kappa shape index (κ2) is 16.8. The molecule has 22 heavy (non-hydrogen) atoms. The molecule has 0 aromatic rings. The SMILES string of the molecule is C=C(C)C(=O)[O-].CCCCCCCCCCC[N+](C)(C)C.[Cl-]. The zero-order valence-electron chi connectivity index (χ0n) is 15.4. The molecule has 0 aromatic carbocycles. The average molecular weight is 335 g/mol. The molecular weight excluding hydrogens is 298 g/mol. The van der Waals surface area contributed by atoms with Gasteiger partial charge in [0.1, 0.15) is 0 Å². The van der Waals surface area contributed by atoms with Crippen LogP contribution in [0.5, 0.6) is 0 Å². The number of carbonyl (C=O) groups excluding carboxylic acids is 1. The first-order valence-electron chi connectivity index (χ1n) is 8.38. The van der Waals surface area contributed by atoms with E-state index in [1.54, 1.807) is 0 Å². The molecule has 0 aliphatic carbocycles. The van der Waals surface area contributed by atoms with Gasteiger partial charge >= 0.3 is 0 Å². The number of halogens is 1. The minimum absolute atomic E-state index is 0. The molecule has 134 valence electrons. The van der Waals surface area contributed by atoms with E-state index in [-0.39, 0.29) is 18.0 Å². The van der Waals surface area contributed by atoms with Crippen molar-refractivity contribution in [3.63, 3.8) is 0 Å².